The molecule has 168 valence electrons. The number of hydrogen-bond donors (Lipinski definition) is 0. The van der Waals surface area contributed by atoms with Crippen molar-refractivity contribution >= 4 is 33.8 Å². The van der Waals surface area contributed by atoms with E-state index in [0.29, 0.717) is 0 Å². The molecule has 3 aromatic carbocycles. The average molecular weight is 467 g/mol. The molecule has 0 spiro atoms. The Bertz CT molecular complexity index is 1370. The molecule has 0 amide bonds. The lowest BCUT2D eigenvalue weighted by Crippen LogP contribution is -2.35. The normalized spacial score (nSPS) is 19.1. The molecule has 0 N–H and O–H groups in total. The van der Waals surface area contributed by atoms with E-state index in [0.717, 1.165) is 44.4 Å². The Hall–Kier alpha value is -4.04. The van der Waals surface area contributed by atoms with Crippen LogP contribution >= 0.6 is 11.3 Å². The summed E-state index contributed by atoms with van der Waals surface area (Å²) in [5, 5.41) is 17.6. The van der Waals surface area contributed by atoms with E-state index in [1.54, 1.807) is 7.11 Å². The van der Waals surface area contributed by atoms with Crippen LogP contribution in [0, 0.1) is 6.92 Å². The molecule has 2 atom stereocenters. The molecular weight excluding hydrogens is 444 g/mol. The summed E-state index contributed by atoms with van der Waals surface area (Å²) in [6, 6.07) is 28.2. The molecule has 0 bridgehead atoms. The minimum Gasteiger partial charge on any atom is -0.497 e. The molecular formula is C26H22N6OS. The van der Waals surface area contributed by atoms with Crippen molar-refractivity contribution in [2.24, 2.45) is 10.1 Å². The lowest BCUT2D eigenvalue weighted by Gasteiger charge is -2.26. The fourth-order valence-corrected chi connectivity index (χ4v) is 5.09. The molecule has 2 aliphatic heterocycles. The van der Waals surface area contributed by atoms with Crippen molar-refractivity contribution < 1.29 is 4.74 Å². The first-order chi connectivity index (χ1) is 16.7. The maximum atomic E-state index is 5.39. The Morgan fingerprint density at radius 3 is 2.21 bits per heavy atom. The van der Waals surface area contributed by atoms with Gasteiger partial charge in [-0.05, 0) is 36.8 Å². The number of para-hydroxylation sites is 1. The van der Waals surface area contributed by atoms with Crippen molar-refractivity contribution in [1.82, 2.24) is 10.2 Å². The maximum Gasteiger partial charge on any atom is 0.219 e. The van der Waals surface area contributed by atoms with E-state index in [1.807, 2.05) is 55.5 Å². The average Bonchev–Trinajstić information content (AvgIpc) is 3.58. The molecule has 34 heavy (non-hydrogen) atoms. The zero-order valence-corrected chi connectivity index (χ0v) is 19.6. The molecule has 0 unspecified atom stereocenters. The fraction of sp³-hybridized carbons (Fsp3) is 0.154. The summed E-state index contributed by atoms with van der Waals surface area (Å²) in [6.45, 7) is 1.96. The van der Waals surface area contributed by atoms with Gasteiger partial charge >= 0.3 is 0 Å². The van der Waals surface area contributed by atoms with E-state index in [2.05, 4.69) is 56.5 Å². The van der Waals surface area contributed by atoms with E-state index >= 15 is 0 Å². The number of amidine groups is 2. The monoisotopic (exact) mass is 466 g/mol. The van der Waals surface area contributed by atoms with Gasteiger partial charge < -0.3 is 4.74 Å². The number of methoxy groups -OCH3 is 1. The summed E-state index contributed by atoms with van der Waals surface area (Å²) in [5.74, 6) is 2.51. The Morgan fingerprint density at radius 1 is 0.853 bits per heavy atom. The highest BCUT2D eigenvalue weighted by Crippen LogP contribution is 2.42. The van der Waals surface area contributed by atoms with Crippen LogP contribution in [0.3, 0.4) is 0 Å². The van der Waals surface area contributed by atoms with E-state index < -0.39 is 0 Å². The number of ether oxygens (including phenoxy) is 1. The number of aryl methyl sites for hydroxylation is 1. The number of fused-ring (bicyclic) bond motifs is 1. The van der Waals surface area contributed by atoms with Crippen molar-refractivity contribution in [3.8, 4) is 5.75 Å². The second-order valence-corrected chi connectivity index (χ2v) is 9.22. The minimum absolute atomic E-state index is 0.110. The molecule has 8 heteroatoms. The smallest absolute Gasteiger partial charge is 0.219 e. The van der Waals surface area contributed by atoms with Crippen LogP contribution in [-0.2, 0) is 0 Å². The molecule has 3 heterocycles. The van der Waals surface area contributed by atoms with Gasteiger partial charge in [0, 0.05) is 5.56 Å². The summed E-state index contributed by atoms with van der Waals surface area (Å²) in [7, 11) is 1.68. The van der Waals surface area contributed by atoms with E-state index in [9.17, 15) is 0 Å². The van der Waals surface area contributed by atoms with Crippen LogP contribution in [-0.4, -0.2) is 35.0 Å². The molecule has 0 aliphatic carbocycles. The van der Waals surface area contributed by atoms with Gasteiger partial charge in [-0.2, -0.15) is 5.10 Å². The Morgan fingerprint density at radius 2 is 1.56 bits per heavy atom. The zero-order chi connectivity index (χ0) is 23.1. The van der Waals surface area contributed by atoms with Gasteiger partial charge in [0.1, 0.15) is 28.7 Å². The van der Waals surface area contributed by atoms with E-state index in [-0.39, 0.29) is 12.1 Å². The number of anilines is 2. The molecule has 0 saturated heterocycles. The van der Waals surface area contributed by atoms with Crippen LogP contribution in [0.2, 0.25) is 0 Å². The third-order valence-electron chi connectivity index (χ3n) is 5.96. The van der Waals surface area contributed by atoms with Crippen LogP contribution in [0.25, 0.3) is 0 Å². The van der Waals surface area contributed by atoms with Gasteiger partial charge in [-0.3, -0.25) is 14.9 Å². The van der Waals surface area contributed by atoms with E-state index in [4.69, 9.17) is 14.8 Å². The SMILES string of the molecule is COc1ccc([C@@H]2[C@H]3N=C(c4ccccc4)N(c4nnc(C)s4)C3=NN2c2ccccc2)cc1. The minimum atomic E-state index is -0.201. The Labute approximate surface area is 201 Å². The molecule has 0 radical (unpaired) electrons. The largest absolute Gasteiger partial charge is 0.497 e. The summed E-state index contributed by atoms with van der Waals surface area (Å²) < 4.78 is 5.39. The van der Waals surface area contributed by atoms with Gasteiger partial charge in [-0.15, -0.1) is 10.2 Å². The summed E-state index contributed by atoms with van der Waals surface area (Å²) >= 11 is 1.54. The van der Waals surface area contributed by atoms with Gasteiger partial charge in [0.25, 0.3) is 0 Å². The topological polar surface area (TPSA) is 66.2 Å². The number of hydrogen-bond acceptors (Lipinski definition) is 8. The Balaban J connectivity index is 1.51. The highest BCUT2D eigenvalue weighted by atomic mass is 32.1. The van der Waals surface area contributed by atoms with Crippen molar-refractivity contribution in [3.63, 3.8) is 0 Å². The number of hydrazone groups is 1. The second-order valence-electron chi connectivity index (χ2n) is 8.06. The second kappa shape index (κ2) is 8.39. The van der Waals surface area contributed by atoms with Gasteiger partial charge in [-0.25, -0.2) is 0 Å². The highest BCUT2D eigenvalue weighted by molar-refractivity contribution is 7.15. The number of rotatable bonds is 5. The van der Waals surface area contributed by atoms with Crippen molar-refractivity contribution in [1.29, 1.82) is 0 Å². The molecule has 7 nitrogen and oxygen atoms in total. The third kappa shape index (κ3) is 3.43. The van der Waals surface area contributed by atoms with Crippen LogP contribution in [0.4, 0.5) is 10.8 Å². The standard InChI is InChI=1S/C26H22N6OS/c1-17-28-29-26(34-17)31-24(19-9-5-3-6-10-19)27-22-23(18-13-15-21(33-2)16-14-18)32(30-25(22)31)20-11-7-4-8-12-20/h3-16,22-23H,1-2H3/t22-,23-/m1/s1. The van der Waals surface area contributed by atoms with Crippen molar-refractivity contribution in [2.75, 3.05) is 17.0 Å². The molecule has 4 aromatic rings. The summed E-state index contributed by atoms with van der Waals surface area (Å²) in [6.07, 6.45) is 0. The zero-order valence-electron chi connectivity index (χ0n) is 18.7. The van der Waals surface area contributed by atoms with Crippen LogP contribution in [0.15, 0.2) is 95.0 Å². The lowest BCUT2D eigenvalue weighted by atomic mass is 9.99. The van der Waals surface area contributed by atoms with Gasteiger partial charge in [0.15, 0.2) is 5.84 Å². The summed E-state index contributed by atoms with van der Waals surface area (Å²) in [5.41, 5.74) is 3.14. The lowest BCUT2D eigenvalue weighted by molar-refractivity contribution is 0.414. The van der Waals surface area contributed by atoms with Gasteiger partial charge in [-0.1, -0.05) is 72.0 Å². The fourth-order valence-electron chi connectivity index (χ4n) is 4.39. The molecule has 0 fully saturated rings. The van der Waals surface area contributed by atoms with Crippen molar-refractivity contribution in [3.05, 3.63) is 101 Å². The maximum absolute atomic E-state index is 5.39. The first-order valence-electron chi connectivity index (χ1n) is 11.0. The predicted molar refractivity (Wildman–Crippen MR) is 136 cm³/mol. The highest BCUT2D eigenvalue weighted by Gasteiger charge is 2.48. The summed E-state index contributed by atoms with van der Waals surface area (Å²) in [4.78, 5) is 7.30. The number of benzene rings is 3. The van der Waals surface area contributed by atoms with Crippen LogP contribution in [0.5, 0.6) is 5.75 Å². The number of aliphatic imine (C=N–C) groups is 1. The third-order valence-corrected chi connectivity index (χ3v) is 6.78. The van der Waals surface area contributed by atoms with Crippen molar-refractivity contribution in [2.45, 2.75) is 19.0 Å². The Kier molecular flexibility index (Phi) is 5.07. The predicted octanol–water partition coefficient (Wildman–Crippen LogP) is 5.07. The quantitative estimate of drug-likeness (QED) is 0.411. The van der Waals surface area contributed by atoms with Crippen LogP contribution < -0.4 is 14.6 Å². The first kappa shape index (κ1) is 20.6. The first-order valence-corrected chi connectivity index (χ1v) is 11.8. The van der Waals surface area contributed by atoms with Gasteiger partial charge in [0.2, 0.25) is 5.13 Å². The van der Waals surface area contributed by atoms with E-state index in [1.165, 1.54) is 11.3 Å². The molecule has 1 aromatic heterocycles. The number of aromatic nitrogens is 2. The van der Waals surface area contributed by atoms with Crippen LogP contribution in [0.1, 0.15) is 22.2 Å². The molecule has 0 saturated carbocycles. The number of nitrogens with zero attached hydrogens (tertiary/aromatic N) is 6. The van der Waals surface area contributed by atoms with Gasteiger partial charge in [0.05, 0.1) is 12.8 Å². The molecule has 2 aliphatic rings. The molecule has 6 rings (SSSR count).